The molecular formula is C29H43N3O5. The van der Waals surface area contributed by atoms with E-state index in [1.807, 2.05) is 32.9 Å². The van der Waals surface area contributed by atoms with Gasteiger partial charge in [0.25, 0.3) is 11.8 Å². The van der Waals surface area contributed by atoms with Crippen molar-refractivity contribution < 1.29 is 24.3 Å². The number of Topliss-reactive ketones (excluding diaryl/α,β-unsaturated/α-hetero) is 1. The Balaban J connectivity index is 1.76. The topological polar surface area (TPSA) is 107 Å². The van der Waals surface area contributed by atoms with Crippen molar-refractivity contribution in [3.8, 4) is 0 Å². The van der Waals surface area contributed by atoms with E-state index in [0.717, 1.165) is 5.56 Å². The average Bonchev–Trinajstić information content (AvgIpc) is 3.42. The number of rotatable bonds is 8. The Morgan fingerprint density at radius 1 is 1.05 bits per heavy atom. The number of carbonyl (C=O) groups is 4. The minimum atomic E-state index is -1.17. The first kappa shape index (κ1) is 28.8. The van der Waals surface area contributed by atoms with Crippen LogP contribution in [0.4, 0.5) is 0 Å². The fourth-order valence-electron chi connectivity index (χ4n) is 5.25. The van der Waals surface area contributed by atoms with Crippen molar-refractivity contribution in [1.82, 2.24) is 15.1 Å². The van der Waals surface area contributed by atoms with Gasteiger partial charge in [0.05, 0.1) is 12.6 Å². The Bertz CT molecular complexity index is 1010. The number of fused-ring (bicyclic) bond motifs is 1. The molecule has 2 saturated heterocycles. The summed E-state index contributed by atoms with van der Waals surface area (Å²) in [6, 6.07) is 5.43. The third-order valence-corrected chi connectivity index (χ3v) is 7.75. The summed E-state index contributed by atoms with van der Waals surface area (Å²) >= 11 is 0. The van der Waals surface area contributed by atoms with Crippen LogP contribution in [-0.2, 0) is 19.8 Å². The van der Waals surface area contributed by atoms with Crippen molar-refractivity contribution in [2.24, 2.45) is 11.8 Å². The first-order valence-electron chi connectivity index (χ1n) is 13.5. The van der Waals surface area contributed by atoms with Gasteiger partial charge in [-0.05, 0) is 47.8 Å². The number of carbonyl (C=O) groups excluding carboxylic acids is 4. The zero-order valence-electron chi connectivity index (χ0n) is 23.3. The van der Waals surface area contributed by atoms with Gasteiger partial charge in [0.1, 0.15) is 18.2 Å². The summed E-state index contributed by atoms with van der Waals surface area (Å²) in [5.41, 5.74) is 1.55. The first-order chi connectivity index (χ1) is 17.3. The fraction of sp³-hybridized carbons (Fsp3) is 0.655. The van der Waals surface area contributed by atoms with Gasteiger partial charge in [0.2, 0.25) is 5.91 Å². The van der Waals surface area contributed by atoms with Crippen LogP contribution in [0.15, 0.2) is 24.3 Å². The van der Waals surface area contributed by atoms with Crippen LogP contribution in [0.3, 0.4) is 0 Å². The van der Waals surface area contributed by atoms with Gasteiger partial charge < -0.3 is 20.2 Å². The lowest BCUT2D eigenvalue weighted by Crippen LogP contribution is -2.53. The molecule has 3 amide bonds. The summed E-state index contributed by atoms with van der Waals surface area (Å²) in [6.07, 6.45) is 0.377. The molecule has 0 spiro atoms. The van der Waals surface area contributed by atoms with Crippen LogP contribution < -0.4 is 5.32 Å². The van der Waals surface area contributed by atoms with Crippen molar-refractivity contribution in [3.05, 3.63) is 35.4 Å². The minimum Gasteiger partial charge on any atom is -0.383 e. The summed E-state index contributed by atoms with van der Waals surface area (Å²) in [5.74, 6) is -1.36. The molecule has 8 heteroatoms. The Morgan fingerprint density at radius 3 is 2.22 bits per heavy atom. The number of hydrogen-bond acceptors (Lipinski definition) is 5. The van der Waals surface area contributed by atoms with Gasteiger partial charge in [0.15, 0.2) is 5.78 Å². The van der Waals surface area contributed by atoms with Gasteiger partial charge in [-0.25, -0.2) is 0 Å². The Hall–Kier alpha value is -2.74. The van der Waals surface area contributed by atoms with E-state index in [4.69, 9.17) is 0 Å². The van der Waals surface area contributed by atoms with E-state index in [1.165, 1.54) is 9.80 Å². The smallest absolute Gasteiger partial charge is 0.252 e. The van der Waals surface area contributed by atoms with E-state index in [0.29, 0.717) is 31.4 Å². The number of nitrogens with one attached hydrogen (secondary N) is 1. The molecule has 0 aromatic heterocycles. The molecule has 0 saturated carbocycles. The summed E-state index contributed by atoms with van der Waals surface area (Å²) < 4.78 is 0. The Kier molecular flexibility index (Phi) is 8.83. The highest BCUT2D eigenvalue weighted by Gasteiger charge is 2.53. The largest absolute Gasteiger partial charge is 0.383 e. The van der Waals surface area contributed by atoms with Gasteiger partial charge in [-0.1, -0.05) is 67.0 Å². The fourth-order valence-corrected chi connectivity index (χ4v) is 5.25. The van der Waals surface area contributed by atoms with Crippen molar-refractivity contribution in [2.75, 3.05) is 13.1 Å². The molecule has 2 aliphatic heterocycles. The van der Waals surface area contributed by atoms with E-state index in [-0.39, 0.29) is 41.4 Å². The SMILES string of the molecule is CCC(C)C(O)C(=O)N1CC(=O)C2C1CCN2C(=O)C(CC(C)C)NC(=O)c1ccc(C(C)(C)C)cc1. The third-order valence-electron chi connectivity index (χ3n) is 7.75. The van der Waals surface area contributed by atoms with E-state index in [1.54, 1.807) is 19.1 Å². The lowest BCUT2D eigenvalue weighted by Gasteiger charge is -2.30. The van der Waals surface area contributed by atoms with E-state index < -0.39 is 30.1 Å². The minimum absolute atomic E-state index is 0.0366. The second kappa shape index (κ2) is 11.3. The van der Waals surface area contributed by atoms with Crippen molar-refractivity contribution >= 4 is 23.5 Å². The molecule has 8 nitrogen and oxygen atoms in total. The molecule has 0 bridgehead atoms. The zero-order valence-corrected chi connectivity index (χ0v) is 23.3. The number of ketones is 1. The summed E-state index contributed by atoms with van der Waals surface area (Å²) in [4.78, 5) is 55.7. The number of likely N-dealkylation sites (tertiary alicyclic amines) is 2. The number of benzene rings is 1. The molecule has 5 atom stereocenters. The molecule has 37 heavy (non-hydrogen) atoms. The standard InChI is InChI=1S/C29H43N3O5/c1-8-18(4)25(34)28(37)32-16-23(33)24-22(32)13-14-31(24)27(36)21(15-17(2)3)30-26(35)19-9-11-20(12-10-19)29(5,6)7/h9-12,17-18,21-22,24-25,34H,8,13-16H2,1-7H3,(H,30,35). The highest BCUT2D eigenvalue weighted by molar-refractivity contribution is 6.01. The lowest BCUT2D eigenvalue weighted by molar-refractivity contribution is -0.144. The van der Waals surface area contributed by atoms with Crippen LogP contribution in [0.2, 0.25) is 0 Å². The Morgan fingerprint density at radius 2 is 1.68 bits per heavy atom. The van der Waals surface area contributed by atoms with Crippen LogP contribution in [0, 0.1) is 11.8 Å². The van der Waals surface area contributed by atoms with Crippen LogP contribution in [0.25, 0.3) is 0 Å². The molecule has 5 unspecified atom stereocenters. The molecule has 2 fully saturated rings. The quantitative estimate of drug-likeness (QED) is 0.556. The van der Waals surface area contributed by atoms with E-state index >= 15 is 0 Å². The van der Waals surface area contributed by atoms with Crippen molar-refractivity contribution in [3.63, 3.8) is 0 Å². The number of aliphatic hydroxyl groups is 1. The number of amides is 3. The van der Waals surface area contributed by atoms with E-state index in [9.17, 15) is 24.3 Å². The number of aliphatic hydroxyl groups excluding tert-OH is 1. The van der Waals surface area contributed by atoms with Gasteiger partial charge in [0, 0.05) is 12.1 Å². The molecule has 204 valence electrons. The van der Waals surface area contributed by atoms with Crippen molar-refractivity contribution in [1.29, 1.82) is 0 Å². The highest BCUT2D eigenvalue weighted by atomic mass is 16.3. The lowest BCUT2D eigenvalue weighted by atomic mass is 9.86. The molecule has 3 rings (SSSR count). The Labute approximate surface area is 220 Å². The van der Waals surface area contributed by atoms with Crippen LogP contribution >= 0.6 is 0 Å². The molecular weight excluding hydrogens is 470 g/mol. The maximum absolute atomic E-state index is 13.7. The zero-order chi connectivity index (χ0) is 27.7. The van der Waals surface area contributed by atoms with Gasteiger partial charge in [-0.15, -0.1) is 0 Å². The first-order valence-corrected chi connectivity index (χ1v) is 13.5. The molecule has 0 aliphatic carbocycles. The monoisotopic (exact) mass is 513 g/mol. The summed E-state index contributed by atoms with van der Waals surface area (Å²) in [6.45, 7) is 14.2. The molecule has 1 aromatic carbocycles. The predicted molar refractivity (Wildman–Crippen MR) is 142 cm³/mol. The second-order valence-electron chi connectivity index (χ2n) is 12.1. The average molecular weight is 514 g/mol. The molecule has 2 heterocycles. The number of nitrogens with zero attached hydrogens (tertiary/aromatic N) is 2. The highest BCUT2D eigenvalue weighted by Crippen LogP contribution is 2.32. The van der Waals surface area contributed by atoms with E-state index in [2.05, 4.69) is 26.1 Å². The summed E-state index contributed by atoms with van der Waals surface area (Å²) in [7, 11) is 0. The van der Waals surface area contributed by atoms with Crippen LogP contribution in [-0.4, -0.2) is 75.7 Å². The van der Waals surface area contributed by atoms with Gasteiger partial charge in [-0.3, -0.25) is 19.2 Å². The molecule has 1 aromatic rings. The third kappa shape index (κ3) is 6.22. The normalized spacial score (nSPS) is 22.1. The maximum Gasteiger partial charge on any atom is 0.252 e. The maximum atomic E-state index is 13.7. The van der Waals surface area contributed by atoms with Gasteiger partial charge in [-0.2, -0.15) is 0 Å². The molecule has 2 N–H and O–H groups in total. The summed E-state index contributed by atoms with van der Waals surface area (Å²) in [5, 5.41) is 13.4. The van der Waals surface area contributed by atoms with Crippen LogP contribution in [0.1, 0.15) is 83.7 Å². The van der Waals surface area contributed by atoms with Crippen molar-refractivity contribution in [2.45, 2.75) is 97.4 Å². The molecule has 2 aliphatic rings. The predicted octanol–water partition coefficient (Wildman–Crippen LogP) is 2.92. The van der Waals surface area contributed by atoms with Gasteiger partial charge >= 0.3 is 0 Å². The second-order valence-corrected chi connectivity index (χ2v) is 12.1. The molecule has 0 radical (unpaired) electrons. The van der Waals surface area contributed by atoms with Crippen LogP contribution in [0.5, 0.6) is 0 Å². The number of hydrogen-bond donors (Lipinski definition) is 2.